The van der Waals surface area contributed by atoms with Crippen molar-refractivity contribution in [1.29, 1.82) is 0 Å². The van der Waals surface area contributed by atoms with E-state index >= 15 is 0 Å². The van der Waals surface area contributed by atoms with Crippen molar-refractivity contribution in [2.24, 2.45) is 11.7 Å². The molecule has 1 aromatic carbocycles. The number of amides is 1. The van der Waals surface area contributed by atoms with Crippen molar-refractivity contribution in [2.45, 2.75) is 40.5 Å². The first-order valence-electron chi connectivity index (χ1n) is 6.58. The van der Waals surface area contributed by atoms with Gasteiger partial charge in [0.2, 0.25) is 5.91 Å². The fraction of sp³-hybridized carbons (Fsp3) is 0.533. The second kappa shape index (κ2) is 6.55. The number of rotatable bonds is 5. The number of hydrogen-bond donors (Lipinski definition) is 2. The summed E-state index contributed by atoms with van der Waals surface area (Å²) < 4.78 is 0. The molecule has 3 N–H and O–H groups in total. The molecule has 1 aromatic rings. The van der Waals surface area contributed by atoms with Crippen LogP contribution in [0.2, 0.25) is 0 Å². The number of aryl methyl sites for hydroxylation is 3. The maximum atomic E-state index is 12.1. The van der Waals surface area contributed by atoms with Gasteiger partial charge in [0.25, 0.3) is 0 Å². The Hall–Kier alpha value is -1.35. The lowest BCUT2D eigenvalue weighted by Gasteiger charge is -2.17. The van der Waals surface area contributed by atoms with E-state index in [1.165, 1.54) is 5.56 Å². The summed E-state index contributed by atoms with van der Waals surface area (Å²) in [5.74, 6) is -0.0514. The molecule has 1 amide bonds. The van der Waals surface area contributed by atoms with Crippen LogP contribution >= 0.6 is 0 Å². The summed E-state index contributed by atoms with van der Waals surface area (Å²) in [7, 11) is 0. The Morgan fingerprint density at radius 1 is 1.28 bits per heavy atom. The monoisotopic (exact) mass is 248 g/mol. The predicted octanol–water partition coefficient (Wildman–Crippen LogP) is 2.93. The fourth-order valence-electron chi connectivity index (χ4n) is 2.31. The summed E-state index contributed by atoms with van der Waals surface area (Å²) in [5, 5.41) is 3.02. The minimum atomic E-state index is -0.0879. The van der Waals surface area contributed by atoms with Crippen LogP contribution in [0.5, 0.6) is 0 Å². The third-order valence-electron chi connectivity index (χ3n) is 3.22. The van der Waals surface area contributed by atoms with E-state index in [2.05, 4.69) is 31.3 Å². The number of hydrogen-bond acceptors (Lipinski definition) is 2. The van der Waals surface area contributed by atoms with E-state index in [0.29, 0.717) is 6.54 Å². The topological polar surface area (TPSA) is 55.1 Å². The number of carbonyl (C=O) groups is 1. The zero-order valence-corrected chi connectivity index (χ0v) is 11.8. The molecule has 0 spiro atoms. The van der Waals surface area contributed by atoms with Gasteiger partial charge in [0, 0.05) is 12.2 Å². The Kier molecular flexibility index (Phi) is 5.35. The Morgan fingerprint density at radius 3 is 2.28 bits per heavy atom. The molecule has 0 aliphatic heterocycles. The number of nitrogens with one attached hydrogen (secondary N) is 1. The average molecular weight is 248 g/mol. The summed E-state index contributed by atoms with van der Waals surface area (Å²) in [6.07, 6.45) is 1.81. The van der Waals surface area contributed by atoms with Crippen molar-refractivity contribution >= 4 is 11.6 Å². The summed E-state index contributed by atoms with van der Waals surface area (Å²) in [5.41, 5.74) is 10.0. The Labute approximate surface area is 110 Å². The van der Waals surface area contributed by atoms with Gasteiger partial charge in [-0.3, -0.25) is 4.79 Å². The smallest absolute Gasteiger partial charge is 0.228 e. The Bertz CT molecular complexity index is 403. The molecule has 1 rings (SSSR count). The molecule has 0 aliphatic carbocycles. The molecule has 0 fully saturated rings. The van der Waals surface area contributed by atoms with E-state index in [1.807, 2.05) is 13.8 Å². The van der Waals surface area contributed by atoms with Gasteiger partial charge in [-0.15, -0.1) is 0 Å². The molecule has 0 bridgehead atoms. The summed E-state index contributed by atoms with van der Waals surface area (Å²) in [6, 6.07) is 4.17. The molecule has 3 nitrogen and oxygen atoms in total. The van der Waals surface area contributed by atoms with Crippen LogP contribution in [-0.2, 0) is 4.79 Å². The molecular formula is C15H24N2O. The zero-order chi connectivity index (χ0) is 13.7. The van der Waals surface area contributed by atoms with E-state index in [9.17, 15) is 4.79 Å². The van der Waals surface area contributed by atoms with Gasteiger partial charge >= 0.3 is 0 Å². The van der Waals surface area contributed by atoms with Gasteiger partial charge in [-0.1, -0.05) is 31.0 Å². The second-order valence-corrected chi connectivity index (χ2v) is 4.98. The Balaban J connectivity index is 2.87. The van der Waals surface area contributed by atoms with Crippen LogP contribution in [-0.4, -0.2) is 12.5 Å². The SMILES string of the molecule is CCCC(CN)C(=O)Nc1c(C)cc(C)cc1C. The summed E-state index contributed by atoms with van der Waals surface area (Å²) in [6.45, 7) is 8.58. The number of benzene rings is 1. The van der Waals surface area contributed by atoms with Crippen LogP contribution < -0.4 is 11.1 Å². The molecule has 100 valence electrons. The lowest BCUT2D eigenvalue weighted by molar-refractivity contribution is -0.119. The molecule has 18 heavy (non-hydrogen) atoms. The third-order valence-corrected chi connectivity index (χ3v) is 3.22. The molecule has 1 unspecified atom stereocenters. The van der Waals surface area contributed by atoms with Gasteiger partial charge in [-0.05, 0) is 38.3 Å². The number of nitrogens with two attached hydrogens (primary N) is 1. The van der Waals surface area contributed by atoms with Crippen molar-refractivity contribution in [2.75, 3.05) is 11.9 Å². The molecule has 0 saturated heterocycles. The van der Waals surface area contributed by atoms with Crippen LogP contribution in [0, 0.1) is 26.7 Å². The van der Waals surface area contributed by atoms with E-state index in [1.54, 1.807) is 0 Å². The molecule has 1 atom stereocenters. The minimum Gasteiger partial charge on any atom is -0.330 e. The highest BCUT2D eigenvalue weighted by molar-refractivity contribution is 5.94. The lowest BCUT2D eigenvalue weighted by atomic mass is 10.0. The molecule has 0 aromatic heterocycles. The summed E-state index contributed by atoms with van der Waals surface area (Å²) >= 11 is 0. The fourth-order valence-corrected chi connectivity index (χ4v) is 2.31. The van der Waals surface area contributed by atoms with Gasteiger partial charge in [0.15, 0.2) is 0 Å². The second-order valence-electron chi connectivity index (χ2n) is 4.98. The van der Waals surface area contributed by atoms with Crippen molar-refractivity contribution < 1.29 is 4.79 Å². The Morgan fingerprint density at radius 2 is 1.83 bits per heavy atom. The third kappa shape index (κ3) is 3.57. The first kappa shape index (κ1) is 14.7. The van der Waals surface area contributed by atoms with Crippen LogP contribution in [0.1, 0.15) is 36.5 Å². The highest BCUT2D eigenvalue weighted by Gasteiger charge is 2.17. The predicted molar refractivity (Wildman–Crippen MR) is 76.7 cm³/mol. The molecular weight excluding hydrogens is 224 g/mol. The van der Waals surface area contributed by atoms with Crippen molar-refractivity contribution in [1.82, 2.24) is 0 Å². The van der Waals surface area contributed by atoms with E-state index in [0.717, 1.165) is 29.7 Å². The largest absolute Gasteiger partial charge is 0.330 e. The first-order chi connectivity index (χ1) is 8.49. The van der Waals surface area contributed by atoms with Gasteiger partial charge in [-0.25, -0.2) is 0 Å². The quantitative estimate of drug-likeness (QED) is 0.841. The van der Waals surface area contributed by atoms with Gasteiger partial charge in [0.05, 0.1) is 5.92 Å². The zero-order valence-electron chi connectivity index (χ0n) is 11.8. The molecule has 0 aliphatic rings. The van der Waals surface area contributed by atoms with Crippen LogP contribution in [0.15, 0.2) is 12.1 Å². The highest BCUT2D eigenvalue weighted by Crippen LogP contribution is 2.22. The van der Waals surface area contributed by atoms with Gasteiger partial charge in [-0.2, -0.15) is 0 Å². The number of anilines is 1. The van der Waals surface area contributed by atoms with Crippen LogP contribution in [0.3, 0.4) is 0 Å². The maximum Gasteiger partial charge on any atom is 0.228 e. The van der Waals surface area contributed by atoms with Gasteiger partial charge < -0.3 is 11.1 Å². The van der Waals surface area contributed by atoms with Crippen molar-refractivity contribution in [3.8, 4) is 0 Å². The molecule has 0 heterocycles. The number of carbonyl (C=O) groups excluding carboxylic acids is 1. The van der Waals surface area contributed by atoms with Crippen LogP contribution in [0.25, 0.3) is 0 Å². The van der Waals surface area contributed by atoms with E-state index in [-0.39, 0.29) is 11.8 Å². The highest BCUT2D eigenvalue weighted by atomic mass is 16.1. The standard InChI is InChI=1S/C15H24N2O/c1-5-6-13(9-16)15(18)17-14-11(3)7-10(2)8-12(14)4/h7-8,13H,5-6,9,16H2,1-4H3,(H,17,18). The molecule has 3 heteroatoms. The van der Waals surface area contributed by atoms with E-state index in [4.69, 9.17) is 5.73 Å². The minimum absolute atomic E-state index is 0.0365. The van der Waals surface area contributed by atoms with E-state index < -0.39 is 0 Å². The lowest BCUT2D eigenvalue weighted by Crippen LogP contribution is -2.29. The first-order valence-corrected chi connectivity index (χ1v) is 6.58. The molecule has 0 radical (unpaired) electrons. The maximum absolute atomic E-state index is 12.1. The normalized spacial score (nSPS) is 12.3. The average Bonchev–Trinajstić information content (AvgIpc) is 2.30. The van der Waals surface area contributed by atoms with Gasteiger partial charge in [0.1, 0.15) is 0 Å². The van der Waals surface area contributed by atoms with Crippen molar-refractivity contribution in [3.63, 3.8) is 0 Å². The summed E-state index contributed by atoms with van der Waals surface area (Å²) in [4.78, 5) is 12.1. The van der Waals surface area contributed by atoms with Crippen LogP contribution in [0.4, 0.5) is 5.69 Å². The van der Waals surface area contributed by atoms with Crippen molar-refractivity contribution in [3.05, 3.63) is 28.8 Å². The molecule has 0 saturated carbocycles.